The highest BCUT2D eigenvalue weighted by Gasteiger charge is 2.32. The highest BCUT2D eigenvalue weighted by molar-refractivity contribution is 5.54. The van der Waals surface area contributed by atoms with Crippen LogP contribution in [0.4, 0.5) is 5.69 Å². The first-order valence-electron chi connectivity index (χ1n) is 7.70. The minimum atomic E-state index is 0.552. The predicted octanol–water partition coefficient (Wildman–Crippen LogP) is 2.93. The van der Waals surface area contributed by atoms with Crippen LogP contribution in [0.3, 0.4) is 0 Å². The maximum atomic E-state index is 9.06. The van der Waals surface area contributed by atoms with Crippen LogP contribution in [-0.4, -0.2) is 36.6 Å². The second-order valence-electron chi connectivity index (χ2n) is 6.26. The molecule has 106 valence electrons. The van der Waals surface area contributed by atoms with E-state index >= 15 is 0 Å². The number of hydrogen-bond acceptors (Lipinski definition) is 3. The Morgan fingerprint density at radius 3 is 2.85 bits per heavy atom. The topological polar surface area (TPSA) is 30.3 Å². The van der Waals surface area contributed by atoms with Crippen LogP contribution < -0.4 is 4.90 Å². The number of anilines is 1. The summed E-state index contributed by atoms with van der Waals surface area (Å²) < 4.78 is 0. The molecule has 3 rings (SSSR count). The second kappa shape index (κ2) is 5.46. The van der Waals surface area contributed by atoms with Crippen LogP contribution in [0.25, 0.3) is 0 Å². The zero-order valence-electron chi connectivity index (χ0n) is 12.5. The maximum absolute atomic E-state index is 9.06. The molecule has 0 N–H and O–H groups in total. The van der Waals surface area contributed by atoms with Crippen LogP contribution in [0.5, 0.6) is 0 Å². The molecule has 2 saturated heterocycles. The number of piperidine rings is 1. The van der Waals surface area contributed by atoms with Gasteiger partial charge in [-0.05, 0) is 57.0 Å². The van der Waals surface area contributed by atoms with Crippen molar-refractivity contribution in [2.24, 2.45) is 0 Å². The number of nitriles is 1. The normalized spacial score (nSPS) is 26.9. The van der Waals surface area contributed by atoms with Crippen LogP contribution in [0.1, 0.15) is 37.3 Å². The maximum Gasteiger partial charge on any atom is 0.0994 e. The van der Waals surface area contributed by atoms with Gasteiger partial charge in [0.1, 0.15) is 0 Å². The van der Waals surface area contributed by atoms with Crippen molar-refractivity contribution in [2.45, 2.75) is 45.2 Å². The number of aryl methyl sites for hydroxylation is 1. The van der Waals surface area contributed by atoms with Crippen molar-refractivity contribution < 1.29 is 0 Å². The van der Waals surface area contributed by atoms with Gasteiger partial charge >= 0.3 is 0 Å². The molecule has 0 amide bonds. The predicted molar refractivity (Wildman–Crippen MR) is 81.9 cm³/mol. The first-order chi connectivity index (χ1) is 9.69. The molecular weight excluding hydrogens is 246 g/mol. The van der Waals surface area contributed by atoms with Gasteiger partial charge in [0.05, 0.1) is 11.6 Å². The number of piperazine rings is 1. The molecule has 1 aromatic rings. The molecule has 3 heteroatoms. The van der Waals surface area contributed by atoms with Gasteiger partial charge in [-0.2, -0.15) is 5.26 Å². The van der Waals surface area contributed by atoms with E-state index in [4.69, 9.17) is 5.26 Å². The quantitative estimate of drug-likeness (QED) is 0.785. The van der Waals surface area contributed by atoms with Gasteiger partial charge in [0.25, 0.3) is 0 Å². The van der Waals surface area contributed by atoms with Crippen LogP contribution in [-0.2, 0) is 0 Å². The number of hydrogen-bond donors (Lipinski definition) is 0. The first-order valence-corrected chi connectivity index (χ1v) is 7.70. The minimum absolute atomic E-state index is 0.552. The van der Waals surface area contributed by atoms with Gasteiger partial charge in [0.15, 0.2) is 0 Å². The van der Waals surface area contributed by atoms with Crippen molar-refractivity contribution in [3.05, 3.63) is 29.3 Å². The zero-order valence-corrected chi connectivity index (χ0v) is 12.5. The minimum Gasteiger partial charge on any atom is -0.366 e. The molecule has 2 unspecified atom stereocenters. The fourth-order valence-electron chi connectivity index (χ4n) is 3.66. The number of rotatable bonds is 1. The monoisotopic (exact) mass is 269 g/mol. The highest BCUT2D eigenvalue weighted by Crippen LogP contribution is 2.29. The van der Waals surface area contributed by atoms with E-state index < -0.39 is 0 Å². The lowest BCUT2D eigenvalue weighted by atomic mass is 9.96. The molecule has 20 heavy (non-hydrogen) atoms. The summed E-state index contributed by atoms with van der Waals surface area (Å²) in [4.78, 5) is 5.20. The van der Waals surface area contributed by atoms with Gasteiger partial charge in [0.2, 0.25) is 0 Å². The second-order valence-corrected chi connectivity index (χ2v) is 6.26. The fourth-order valence-corrected chi connectivity index (χ4v) is 3.66. The van der Waals surface area contributed by atoms with E-state index in [2.05, 4.69) is 34.9 Å². The smallest absolute Gasteiger partial charge is 0.0994 e. The van der Waals surface area contributed by atoms with Crippen LogP contribution in [0, 0.1) is 18.3 Å². The summed E-state index contributed by atoms with van der Waals surface area (Å²) in [5.41, 5.74) is 3.15. The molecule has 2 heterocycles. The molecule has 0 radical (unpaired) electrons. The molecular formula is C17H23N3. The molecule has 2 atom stereocenters. The van der Waals surface area contributed by atoms with Crippen molar-refractivity contribution in [2.75, 3.05) is 24.5 Å². The van der Waals surface area contributed by atoms with Gasteiger partial charge in [-0.25, -0.2) is 0 Å². The average molecular weight is 269 g/mol. The summed E-state index contributed by atoms with van der Waals surface area (Å²) in [5, 5.41) is 9.06. The van der Waals surface area contributed by atoms with Crippen LogP contribution in [0.2, 0.25) is 0 Å². The van der Waals surface area contributed by atoms with Gasteiger partial charge in [0, 0.05) is 30.9 Å². The summed E-state index contributed by atoms with van der Waals surface area (Å²) in [7, 11) is 0. The molecule has 2 aliphatic rings. The largest absolute Gasteiger partial charge is 0.366 e. The van der Waals surface area contributed by atoms with Gasteiger partial charge in [-0.3, -0.25) is 4.90 Å². The molecule has 0 aliphatic carbocycles. The summed E-state index contributed by atoms with van der Waals surface area (Å²) in [6.45, 7) is 7.92. The summed E-state index contributed by atoms with van der Waals surface area (Å²) >= 11 is 0. The van der Waals surface area contributed by atoms with Gasteiger partial charge in [-0.15, -0.1) is 0 Å². The molecule has 0 spiro atoms. The average Bonchev–Trinajstić information content (AvgIpc) is 2.46. The van der Waals surface area contributed by atoms with E-state index in [9.17, 15) is 0 Å². The molecule has 0 aromatic heterocycles. The van der Waals surface area contributed by atoms with E-state index in [-0.39, 0.29) is 0 Å². The molecule has 0 saturated carbocycles. The highest BCUT2D eigenvalue weighted by atomic mass is 15.3. The number of nitrogens with zero attached hydrogens (tertiary/aromatic N) is 3. The molecule has 0 bridgehead atoms. The van der Waals surface area contributed by atoms with E-state index in [0.717, 1.165) is 23.7 Å². The Bertz CT molecular complexity index is 532. The Kier molecular flexibility index (Phi) is 3.67. The van der Waals surface area contributed by atoms with E-state index in [1.165, 1.54) is 38.0 Å². The number of benzene rings is 1. The first kappa shape index (κ1) is 13.5. The Morgan fingerprint density at radius 2 is 2.10 bits per heavy atom. The van der Waals surface area contributed by atoms with Crippen molar-refractivity contribution in [1.29, 1.82) is 5.26 Å². The summed E-state index contributed by atoms with van der Waals surface area (Å²) in [5.74, 6) is 0. The third-order valence-electron chi connectivity index (χ3n) is 4.85. The third-order valence-corrected chi connectivity index (χ3v) is 4.85. The van der Waals surface area contributed by atoms with Crippen molar-refractivity contribution >= 4 is 5.69 Å². The lowest BCUT2D eigenvalue weighted by Crippen LogP contribution is -2.58. The van der Waals surface area contributed by atoms with E-state index in [1.54, 1.807) is 0 Å². The Hall–Kier alpha value is -1.53. The molecule has 1 aromatic carbocycles. The van der Waals surface area contributed by atoms with Gasteiger partial charge in [-0.1, -0.05) is 6.42 Å². The van der Waals surface area contributed by atoms with Crippen molar-refractivity contribution in [3.8, 4) is 6.07 Å². The number of fused-ring (bicyclic) bond motifs is 1. The third kappa shape index (κ3) is 2.41. The Morgan fingerprint density at radius 1 is 1.25 bits per heavy atom. The van der Waals surface area contributed by atoms with Crippen LogP contribution >= 0.6 is 0 Å². The SMILES string of the molecule is Cc1cc(N2CC3CCCCN3CC2C)ccc1C#N. The standard InChI is InChI=1S/C17H23N3/c1-13-9-16(7-6-15(13)10-18)20-12-17-5-3-4-8-19(17)11-14(20)2/h6-7,9,14,17H,3-5,8,11-12H2,1-2H3. The molecule has 2 aliphatic heterocycles. The summed E-state index contributed by atoms with van der Waals surface area (Å²) in [6, 6.07) is 9.77. The summed E-state index contributed by atoms with van der Waals surface area (Å²) in [6.07, 6.45) is 4.06. The van der Waals surface area contributed by atoms with E-state index in [0.29, 0.717) is 6.04 Å². The van der Waals surface area contributed by atoms with Gasteiger partial charge < -0.3 is 4.90 Å². The molecule has 2 fully saturated rings. The Labute approximate surface area is 121 Å². The zero-order chi connectivity index (χ0) is 14.1. The van der Waals surface area contributed by atoms with Crippen LogP contribution in [0.15, 0.2) is 18.2 Å². The lowest BCUT2D eigenvalue weighted by molar-refractivity contribution is 0.115. The molecule has 3 nitrogen and oxygen atoms in total. The lowest BCUT2D eigenvalue weighted by Gasteiger charge is -2.48. The van der Waals surface area contributed by atoms with E-state index in [1.807, 2.05) is 13.0 Å². The van der Waals surface area contributed by atoms with Crippen molar-refractivity contribution in [3.63, 3.8) is 0 Å². The Balaban J connectivity index is 1.82. The fraction of sp³-hybridized carbons (Fsp3) is 0.588. The van der Waals surface area contributed by atoms with Crippen molar-refractivity contribution in [1.82, 2.24) is 4.90 Å².